The SMILES string of the molecule is COc1c(F)ccc2c1c(CCN1CCCC1)cn2C. The summed E-state index contributed by atoms with van der Waals surface area (Å²) in [6, 6.07) is 3.30. The highest BCUT2D eigenvalue weighted by molar-refractivity contribution is 5.90. The normalized spacial score (nSPS) is 16.1. The van der Waals surface area contributed by atoms with Gasteiger partial charge in [0.25, 0.3) is 0 Å². The summed E-state index contributed by atoms with van der Waals surface area (Å²) < 4.78 is 21.2. The van der Waals surface area contributed by atoms with Gasteiger partial charge in [-0.05, 0) is 50.0 Å². The predicted molar refractivity (Wildman–Crippen MR) is 78.8 cm³/mol. The van der Waals surface area contributed by atoms with E-state index in [0.29, 0.717) is 5.75 Å². The molecule has 0 spiro atoms. The zero-order chi connectivity index (χ0) is 14.1. The summed E-state index contributed by atoms with van der Waals surface area (Å²) >= 11 is 0. The van der Waals surface area contributed by atoms with Crippen LogP contribution in [0, 0.1) is 5.82 Å². The molecular weight excluding hydrogens is 255 g/mol. The number of halogens is 1. The third-order valence-electron chi connectivity index (χ3n) is 4.24. The van der Waals surface area contributed by atoms with Crippen molar-refractivity contribution in [3.63, 3.8) is 0 Å². The lowest BCUT2D eigenvalue weighted by molar-refractivity contribution is 0.343. The van der Waals surface area contributed by atoms with Crippen LogP contribution in [0.1, 0.15) is 18.4 Å². The van der Waals surface area contributed by atoms with Gasteiger partial charge < -0.3 is 14.2 Å². The Bertz CT molecular complexity index is 614. The number of hydrogen-bond acceptors (Lipinski definition) is 2. The molecular formula is C16H21FN2O. The monoisotopic (exact) mass is 276 g/mol. The van der Waals surface area contributed by atoms with Crippen molar-refractivity contribution in [1.29, 1.82) is 0 Å². The minimum absolute atomic E-state index is 0.284. The molecule has 2 aromatic rings. The average Bonchev–Trinajstić information content (AvgIpc) is 3.05. The van der Waals surface area contributed by atoms with Crippen LogP contribution in [0.4, 0.5) is 4.39 Å². The van der Waals surface area contributed by atoms with Crippen molar-refractivity contribution in [3.05, 3.63) is 29.7 Å². The van der Waals surface area contributed by atoms with Gasteiger partial charge in [-0.15, -0.1) is 0 Å². The average molecular weight is 276 g/mol. The Hall–Kier alpha value is -1.55. The maximum absolute atomic E-state index is 13.9. The van der Waals surface area contributed by atoms with E-state index in [0.717, 1.165) is 23.9 Å². The van der Waals surface area contributed by atoms with Gasteiger partial charge in [-0.3, -0.25) is 0 Å². The van der Waals surface area contributed by atoms with Gasteiger partial charge in [0.1, 0.15) is 0 Å². The second kappa shape index (κ2) is 5.44. The van der Waals surface area contributed by atoms with Crippen LogP contribution in [0.3, 0.4) is 0 Å². The quantitative estimate of drug-likeness (QED) is 0.854. The van der Waals surface area contributed by atoms with E-state index in [1.165, 1.54) is 44.7 Å². The second-order valence-corrected chi connectivity index (χ2v) is 5.54. The summed E-state index contributed by atoms with van der Waals surface area (Å²) in [6.45, 7) is 3.42. The molecule has 0 amide bonds. The number of rotatable bonds is 4. The molecule has 0 radical (unpaired) electrons. The second-order valence-electron chi connectivity index (χ2n) is 5.54. The maximum Gasteiger partial charge on any atom is 0.165 e. The molecule has 0 unspecified atom stereocenters. The molecule has 4 heteroatoms. The van der Waals surface area contributed by atoms with E-state index in [-0.39, 0.29) is 5.82 Å². The van der Waals surface area contributed by atoms with Crippen LogP contribution in [0.2, 0.25) is 0 Å². The first-order valence-corrected chi connectivity index (χ1v) is 7.23. The molecule has 108 valence electrons. The molecule has 0 N–H and O–H groups in total. The summed E-state index contributed by atoms with van der Waals surface area (Å²) in [5.74, 6) is 0.0909. The first kappa shape index (κ1) is 13.4. The summed E-state index contributed by atoms with van der Waals surface area (Å²) in [5, 5.41) is 0.925. The van der Waals surface area contributed by atoms with E-state index >= 15 is 0 Å². The molecule has 3 rings (SSSR count). The Labute approximate surface area is 118 Å². The Morgan fingerprint density at radius 1 is 1.25 bits per heavy atom. The fourth-order valence-electron chi connectivity index (χ4n) is 3.19. The van der Waals surface area contributed by atoms with Gasteiger partial charge >= 0.3 is 0 Å². The van der Waals surface area contributed by atoms with Gasteiger partial charge in [0.05, 0.1) is 12.6 Å². The molecule has 1 aliphatic rings. The van der Waals surface area contributed by atoms with Crippen molar-refractivity contribution in [1.82, 2.24) is 9.47 Å². The van der Waals surface area contributed by atoms with Crippen molar-refractivity contribution in [3.8, 4) is 5.75 Å². The van der Waals surface area contributed by atoms with Crippen molar-refractivity contribution < 1.29 is 9.13 Å². The van der Waals surface area contributed by atoms with E-state index in [2.05, 4.69) is 15.7 Å². The summed E-state index contributed by atoms with van der Waals surface area (Å²) in [7, 11) is 3.54. The van der Waals surface area contributed by atoms with Gasteiger partial charge in [0, 0.05) is 25.2 Å². The van der Waals surface area contributed by atoms with Crippen LogP contribution in [0.25, 0.3) is 10.9 Å². The Morgan fingerprint density at radius 2 is 2.00 bits per heavy atom. The van der Waals surface area contributed by atoms with Gasteiger partial charge in [0.2, 0.25) is 0 Å². The highest BCUT2D eigenvalue weighted by Crippen LogP contribution is 2.33. The molecule has 0 atom stereocenters. The highest BCUT2D eigenvalue weighted by Gasteiger charge is 2.17. The highest BCUT2D eigenvalue weighted by atomic mass is 19.1. The molecule has 0 saturated carbocycles. The third kappa shape index (κ3) is 2.29. The molecule has 1 aromatic heterocycles. The molecule has 0 aliphatic carbocycles. The largest absolute Gasteiger partial charge is 0.493 e. The van der Waals surface area contributed by atoms with Crippen LogP contribution in [0.5, 0.6) is 5.75 Å². The minimum Gasteiger partial charge on any atom is -0.493 e. The Balaban J connectivity index is 1.95. The summed E-state index contributed by atoms with van der Waals surface area (Å²) in [4.78, 5) is 2.48. The van der Waals surface area contributed by atoms with Gasteiger partial charge in [-0.1, -0.05) is 0 Å². The molecule has 1 saturated heterocycles. The fraction of sp³-hybridized carbons (Fsp3) is 0.500. The number of fused-ring (bicyclic) bond motifs is 1. The molecule has 20 heavy (non-hydrogen) atoms. The van der Waals surface area contributed by atoms with Crippen molar-refractivity contribution in [2.24, 2.45) is 7.05 Å². The van der Waals surface area contributed by atoms with Crippen LogP contribution in [-0.4, -0.2) is 36.2 Å². The fourth-order valence-corrected chi connectivity index (χ4v) is 3.19. The summed E-state index contributed by atoms with van der Waals surface area (Å²) in [6.07, 6.45) is 5.64. The van der Waals surface area contributed by atoms with Crippen LogP contribution in [0.15, 0.2) is 18.3 Å². The minimum atomic E-state index is -0.284. The first-order valence-electron chi connectivity index (χ1n) is 7.23. The zero-order valence-corrected chi connectivity index (χ0v) is 12.2. The van der Waals surface area contributed by atoms with E-state index in [4.69, 9.17) is 4.74 Å². The van der Waals surface area contributed by atoms with Crippen LogP contribution >= 0.6 is 0 Å². The lowest BCUT2D eigenvalue weighted by Crippen LogP contribution is -2.21. The lowest BCUT2D eigenvalue weighted by Gasteiger charge is -2.14. The van der Waals surface area contributed by atoms with Crippen molar-refractivity contribution in [2.75, 3.05) is 26.7 Å². The molecule has 3 nitrogen and oxygen atoms in total. The number of nitrogens with zero attached hydrogens (tertiary/aromatic N) is 2. The molecule has 0 bridgehead atoms. The molecule has 1 fully saturated rings. The lowest BCUT2D eigenvalue weighted by atomic mass is 10.1. The summed E-state index contributed by atoms with van der Waals surface area (Å²) in [5.41, 5.74) is 2.20. The number of aryl methyl sites for hydroxylation is 1. The van der Waals surface area contributed by atoms with Gasteiger partial charge in [0.15, 0.2) is 11.6 Å². The number of benzene rings is 1. The number of methoxy groups -OCH3 is 1. The Morgan fingerprint density at radius 3 is 2.70 bits per heavy atom. The number of aromatic nitrogens is 1. The van der Waals surface area contributed by atoms with E-state index in [1.807, 2.05) is 13.1 Å². The number of likely N-dealkylation sites (tertiary alicyclic amines) is 1. The topological polar surface area (TPSA) is 17.4 Å². The smallest absolute Gasteiger partial charge is 0.165 e. The molecule has 1 aliphatic heterocycles. The van der Waals surface area contributed by atoms with Crippen molar-refractivity contribution in [2.45, 2.75) is 19.3 Å². The Kier molecular flexibility index (Phi) is 3.66. The zero-order valence-electron chi connectivity index (χ0n) is 12.2. The standard InChI is InChI=1S/C16H21FN2O/c1-18-11-12(7-10-19-8-3-4-9-19)15-14(18)6-5-13(17)16(15)20-2/h5-6,11H,3-4,7-10H2,1-2H3. The first-order chi connectivity index (χ1) is 9.70. The van der Waals surface area contributed by atoms with E-state index in [9.17, 15) is 4.39 Å². The molecule has 2 heterocycles. The van der Waals surface area contributed by atoms with Gasteiger partial charge in [-0.2, -0.15) is 0 Å². The molecule has 1 aromatic carbocycles. The number of hydrogen-bond donors (Lipinski definition) is 0. The van der Waals surface area contributed by atoms with Crippen LogP contribution < -0.4 is 4.74 Å². The maximum atomic E-state index is 13.9. The predicted octanol–water partition coefficient (Wildman–Crippen LogP) is 2.96. The van der Waals surface area contributed by atoms with E-state index in [1.54, 1.807) is 0 Å². The van der Waals surface area contributed by atoms with Crippen molar-refractivity contribution >= 4 is 10.9 Å². The third-order valence-corrected chi connectivity index (χ3v) is 4.24. The van der Waals surface area contributed by atoms with E-state index < -0.39 is 0 Å². The van der Waals surface area contributed by atoms with Gasteiger partial charge in [-0.25, -0.2) is 4.39 Å². The number of ether oxygens (including phenoxy) is 1. The van der Waals surface area contributed by atoms with Crippen LogP contribution in [-0.2, 0) is 13.5 Å².